The molecular formula is C16H17FN4O2. The van der Waals surface area contributed by atoms with Gasteiger partial charge in [-0.15, -0.1) is 0 Å². The lowest BCUT2D eigenvalue weighted by molar-refractivity contribution is 0.0916. The number of benzene rings is 1. The molecule has 2 aromatic rings. The van der Waals surface area contributed by atoms with E-state index in [1.807, 2.05) is 13.0 Å². The van der Waals surface area contributed by atoms with Crippen molar-refractivity contribution in [3.05, 3.63) is 59.4 Å². The highest BCUT2D eigenvalue weighted by Crippen LogP contribution is 2.08. The van der Waals surface area contributed by atoms with Gasteiger partial charge in [0.15, 0.2) is 11.4 Å². The Morgan fingerprint density at radius 1 is 1.26 bits per heavy atom. The number of nitrogens with one attached hydrogen (secondary N) is 1. The van der Waals surface area contributed by atoms with Crippen LogP contribution >= 0.6 is 0 Å². The third kappa shape index (κ3) is 4.57. The lowest BCUT2D eigenvalue weighted by atomic mass is 10.1. The van der Waals surface area contributed by atoms with E-state index in [0.29, 0.717) is 12.8 Å². The van der Waals surface area contributed by atoms with Gasteiger partial charge in [0, 0.05) is 18.4 Å². The number of aromatic nitrogens is 2. The van der Waals surface area contributed by atoms with Gasteiger partial charge in [-0.25, -0.2) is 14.4 Å². The molecule has 1 heterocycles. The molecule has 2 rings (SSSR count). The first kappa shape index (κ1) is 16.5. The fourth-order valence-corrected chi connectivity index (χ4v) is 2.12. The molecule has 23 heavy (non-hydrogen) atoms. The van der Waals surface area contributed by atoms with Crippen molar-refractivity contribution in [1.29, 1.82) is 0 Å². The summed E-state index contributed by atoms with van der Waals surface area (Å²) < 4.78 is 13.1. The monoisotopic (exact) mass is 316 g/mol. The minimum atomic E-state index is -0.810. The average molecular weight is 316 g/mol. The van der Waals surface area contributed by atoms with E-state index < -0.39 is 11.8 Å². The zero-order chi connectivity index (χ0) is 16.8. The number of hydrogen-bond donors (Lipinski definition) is 2. The van der Waals surface area contributed by atoms with Crippen LogP contribution < -0.4 is 11.1 Å². The van der Waals surface area contributed by atoms with Crippen LogP contribution in [0.1, 0.15) is 39.9 Å². The van der Waals surface area contributed by atoms with E-state index in [1.54, 1.807) is 6.07 Å². The summed E-state index contributed by atoms with van der Waals surface area (Å²) in [5.74, 6) is -1.61. The fraction of sp³-hybridized carbons (Fsp3) is 0.250. The number of carbonyl (C=O) groups is 2. The third-order valence-electron chi connectivity index (χ3n) is 3.28. The highest BCUT2D eigenvalue weighted by atomic mass is 19.1. The number of halogens is 1. The maximum absolute atomic E-state index is 13.1. The first-order valence-corrected chi connectivity index (χ1v) is 7.13. The van der Waals surface area contributed by atoms with Gasteiger partial charge in [0.2, 0.25) is 0 Å². The topological polar surface area (TPSA) is 98.0 Å². The van der Waals surface area contributed by atoms with Crippen molar-refractivity contribution >= 4 is 11.8 Å². The third-order valence-corrected chi connectivity index (χ3v) is 3.28. The van der Waals surface area contributed by atoms with Gasteiger partial charge in [0.25, 0.3) is 11.8 Å². The first-order chi connectivity index (χ1) is 11.0. The number of nitrogens with zero attached hydrogens (tertiary/aromatic N) is 2. The van der Waals surface area contributed by atoms with E-state index in [4.69, 9.17) is 5.73 Å². The molecule has 0 aliphatic rings. The summed E-state index contributed by atoms with van der Waals surface area (Å²) in [7, 11) is 0. The van der Waals surface area contributed by atoms with Crippen molar-refractivity contribution in [2.24, 2.45) is 5.73 Å². The number of carbonyl (C=O) groups excluding carboxylic acids is 2. The molecule has 0 saturated carbocycles. The summed E-state index contributed by atoms with van der Waals surface area (Å²) in [6, 6.07) is 6.13. The van der Waals surface area contributed by atoms with Crippen LogP contribution in [0.3, 0.4) is 0 Å². The number of hydrogen-bond acceptors (Lipinski definition) is 4. The number of aryl methyl sites for hydroxylation is 1. The number of primary amides is 1. The Kier molecular flexibility index (Phi) is 5.35. The van der Waals surface area contributed by atoms with Crippen molar-refractivity contribution in [2.75, 3.05) is 0 Å². The highest BCUT2D eigenvalue weighted by molar-refractivity contribution is 6.03. The molecule has 1 aromatic carbocycles. The second kappa shape index (κ2) is 7.44. The van der Waals surface area contributed by atoms with Crippen LogP contribution in [-0.2, 0) is 6.42 Å². The quantitative estimate of drug-likeness (QED) is 0.843. The molecule has 7 heteroatoms. The first-order valence-electron chi connectivity index (χ1n) is 7.13. The van der Waals surface area contributed by atoms with Gasteiger partial charge >= 0.3 is 0 Å². The number of rotatable bonds is 6. The molecule has 120 valence electrons. The van der Waals surface area contributed by atoms with Crippen LogP contribution in [-0.4, -0.2) is 27.8 Å². The summed E-state index contributed by atoms with van der Waals surface area (Å²) in [4.78, 5) is 31.1. The Bertz CT molecular complexity index is 721. The Balaban J connectivity index is 1.96. The van der Waals surface area contributed by atoms with Crippen molar-refractivity contribution in [3.63, 3.8) is 0 Å². The van der Waals surface area contributed by atoms with E-state index in [2.05, 4.69) is 15.3 Å². The second-order valence-corrected chi connectivity index (χ2v) is 5.16. The van der Waals surface area contributed by atoms with E-state index in [-0.39, 0.29) is 23.2 Å². The second-order valence-electron chi connectivity index (χ2n) is 5.16. The standard InChI is InChI=1S/C16H17FN4O2/c1-10(5-6-11-3-2-4-12(17)9-11)21-16(23)14-13(15(18)22)19-7-8-20-14/h2-4,7-10H,5-6H2,1H3,(H2,18,22)(H,21,23). The van der Waals surface area contributed by atoms with Crippen LogP contribution in [0.2, 0.25) is 0 Å². The molecule has 0 radical (unpaired) electrons. The Morgan fingerprint density at radius 2 is 1.96 bits per heavy atom. The molecule has 1 atom stereocenters. The molecule has 0 aliphatic heterocycles. The Morgan fingerprint density at radius 3 is 2.61 bits per heavy atom. The summed E-state index contributed by atoms with van der Waals surface area (Å²) in [6.07, 6.45) is 3.84. The maximum Gasteiger partial charge on any atom is 0.272 e. The van der Waals surface area contributed by atoms with Gasteiger partial charge in [-0.1, -0.05) is 12.1 Å². The highest BCUT2D eigenvalue weighted by Gasteiger charge is 2.19. The summed E-state index contributed by atoms with van der Waals surface area (Å²) in [5, 5.41) is 2.73. The molecule has 0 saturated heterocycles. The van der Waals surface area contributed by atoms with Crippen molar-refractivity contribution in [2.45, 2.75) is 25.8 Å². The van der Waals surface area contributed by atoms with Gasteiger partial charge in [0.05, 0.1) is 0 Å². The predicted octanol–water partition coefficient (Wildman–Crippen LogP) is 1.47. The van der Waals surface area contributed by atoms with E-state index in [1.165, 1.54) is 24.5 Å². The minimum Gasteiger partial charge on any atom is -0.364 e. The van der Waals surface area contributed by atoms with Gasteiger partial charge in [-0.2, -0.15) is 0 Å². The zero-order valence-electron chi connectivity index (χ0n) is 12.6. The average Bonchev–Trinajstić information content (AvgIpc) is 2.53. The van der Waals surface area contributed by atoms with Crippen LogP contribution in [0, 0.1) is 5.82 Å². The normalized spacial score (nSPS) is 11.7. The number of amides is 2. The predicted molar refractivity (Wildman–Crippen MR) is 82.2 cm³/mol. The zero-order valence-corrected chi connectivity index (χ0v) is 12.6. The summed E-state index contributed by atoms with van der Waals surface area (Å²) in [6.45, 7) is 1.82. The maximum atomic E-state index is 13.1. The lowest BCUT2D eigenvalue weighted by Gasteiger charge is -2.14. The molecule has 1 aromatic heterocycles. The van der Waals surface area contributed by atoms with Gasteiger partial charge < -0.3 is 11.1 Å². The van der Waals surface area contributed by atoms with Crippen LogP contribution in [0.15, 0.2) is 36.7 Å². The van der Waals surface area contributed by atoms with Gasteiger partial charge in [0.1, 0.15) is 5.82 Å². The van der Waals surface area contributed by atoms with Crippen LogP contribution in [0.25, 0.3) is 0 Å². The molecule has 0 spiro atoms. The Hall–Kier alpha value is -2.83. The molecule has 0 aliphatic carbocycles. The van der Waals surface area contributed by atoms with E-state index in [9.17, 15) is 14.0 Å². The minimum absolute atomic E-state index is 0.0994. The molecule has 6 nitrogen and oxygen atoms in total. The summed E-state index contributed by atoms with van der Waals surface area (Å²) >= 11 is 0. The fourth-order valence-electron chi connectivity index (χ4n) is 2.12. The van der Waals surface area contributed by atoms with Crippen LogP contribution in [0.4, 0.5) is 4.39 Å². The molecule has 0 fully saturated rings. The van der Waals surface area contributed by atoms with Crippen molar-refractivity contribution in [1.82, 2.24) is 15.3 Å². The molecule has 2 amide bonds. The van der Waals surface area contributed by atoms with Crippen molar-refractivity contribution < 1.29 is 14.0 Å². The van der Waals surface area contributed by atoms with Gasteiger partial charge in [-0.05, 0) is 37.5 Å². The van der Waals surface area contributed by atoms with Gasteiger partial charge in [-0.3, -0.25) is 9.59 Å². The van der Waals surface area contributed by atoms with Crippen LogP contribution in [0.5, 0.6) is 0 Å². The molecule has 0 bridgehead atoms. The van der Waals surface area contributed by atoms with E-state index in [0.717, 1.165) is 5.56 Å². The number of nitrogens with two attached hydrogens (primary N) is 1. The lowest BCUT2D eigenvalue weighted by Crippen LogP contribution is -2.35. The largest absolute Gasteiger partial charge is 0.364 e. The molecule has 3 N–H and O–H groups in total. The molecular weight excluding hydrogens is 299 g/mol. The molecule has 1 unspecified atom stereocenters. The van der Waals surface area contributed by atoms with E-state index >= 15 is 0 Å². The SMILES string of the molecule is CC(CCc1cccc(F)c1)NC(=O)c1nccnc1C(N)=O. The Labute approximate surface area is 132 Å². The smallest absolute Gasteiger partial charge is 0.272 e. The van der Waals surface area contributed by atoms with Crippen molar-refractivity contribution in [3.8, 4) is 0 Å². The summed E-state index contributed by atoms with van der Waals surface area (Å²) in [5.41, 5.74) is 5.76.